The van der Waals surface area contributed by atoms with Gasteiger partial charge >= 0.3 is 0 Å². The molecule has 8 heteroatoms. The van der Waals surface area contributed by atoms with E-state index in [1.807, 2.05) is 37.3 Å². The number of likely N-dealkylation sites (tertiary alicyclic amines) is 1. The molecule has 8 nitrogen and oxygen atoms in total. The maximum Gasteiger partial charge on any atom is 0.246 e. The van der Waals surface area contributed by atoms with E-state index in [1.54, 1.807) is 7.05 Å². The number of hydrogen-bond acceptors (Lipinski definition) is 5. The Morgan fingerprint density at radius 2 is 2.00 bits per heavy atom. The van der Waals surface area contributed by atoms with E-state index in [9.17, 15) is 19.5 Å². The van der Waals surface area contributed by atoms with Gasteiger partial charge in [-0.3, -0.25) is 14.4 Å². The summed E-state index contributed by atoms with van der Waals surface area (Å²) < 4.78 is 6.37. The van der Waals surface area contributed by atoms with Gasteiger partial charge in [-0.15, -0.1) is 0 Å². The van der Waals surface area contributed by atoms with Gasteiger partial charge in [-0.2, -0.15) is 0 Å². The van der Waals surface area contributed by atoms with Gasteiger partial charge < -0.3 is 25.4 Å². The fourth-order valence-corrected chi connectivity index (χ4v) is 6.21. The molecule has 0 aliphatic carbocycles. The molecule has 2 bridgehead atoms. The molecular weight excluding hydrogens is 422 g/mol. The van der Waals surface area contributed by atoms with Crippen LogP contribution in [-0.4, -0.2) is 71.2 Å². The summed E-state index contributed by atoms with van der Waals surface area (Å²) in [6.45, 7) is 3.72. The molecule has 3 fully saturated rings. The number of nitrogens with one attached hydrogen (secondary N) is 2. The predicted molar refractivity (Wildman–Crippen MR) is 122 cm³/mol. The first-order chi connectivity index (χ1) is 15.9. The number of carbonyl (C=O) groups is 3. The third kappa shape index (κ3) is 3.93. The molecule has 1 spiro atoms. The van der Waals surface area contributed by atoms with Crippen molar-refractivity contribution in [3.63, 3.8) is 0 Å². The summed E-state index contributed by atoms with van der Waals surface area (Å²) in [6, 6.07) is 8.09. The number of ether oxygens (including phenoxy) is 1. The van der Waals surface area contributed by atoms with Crippen molar-refractivity contribution in [2.75, 3.05) is 13.7 Å². The maximum absolute atomic E-state index is 13.9. The summed E-state index contributed by atoms with van der Waals surface area (Å²) in [6.07, 6.45) is 2.96. The SMILES string of the molecule is CCCC(C)NC(=O)C1N([C@@H](CO)Cc2ccccc2)C(=O)[C@@H]2[C@H](C(=O)NC)[C@@H]3CCC12O3. The first-order valence-corrected chi connectivity index (χ1v) is 12.0. The lowest BCUT2D eigenvalue weighted by molar-refractivity contribution is -0.145. The van der Waals surface area contributed by atoms with Crippen molar-refractivity contribution in [3.8, 4) is 0 Å². The van der Waals surface area contributed by atoms with E-state index in [4.69, 9.17) is 4.74 Å². The highest BCUT2D eigenvalue weighted by atomic mass is 16.5. The normalized spacial score (nSPS) is 31.9. The predicted octanol–water partition coefficient (Wildman–Crippen LogP) is 1.02. The minimum Gasteiger partial charge on any atom is -0.394 e. The Bertz CT molecular complexity index is 893. The van der Waals surface area contributed by atoms with Crippen molar-refractivity contribution in [2.24, 2.45) is 11.8 Å². The molecule has 0 radical (unpaired) electrons. The molecule has 0 aromatic heterocycles. The van der Waals surface area contributed by atoms with Crippen LogP contribution >= 0.6 is 0 Å². The number of amides is 3. The van der Waals surface area contributed by atoms with Crippen molar-refractivity contribution in [3.05, 3.63) is 35.9 Å². The van der Waals surface area contributed by atoms with Crippen LogP contribution < -0.4 is 10.6 Å². The smallest absolute Gasteiger partial charge is 0.246 e. The Morgan fingerprint density at radius 1 is 1.27 bits per heavy atom. The monoisotopic (exact) mass is 457 g/mol. The molecule has 3 aliphatic rings. The number of aliphatic hydroxyl groups excluding tert-OH is 1. The summed E-state index contributed by atoms with van der Waals surface area (Å²) in [7, 11) is 1.56. The number of rotatable bonds is 9. The molecule has 180 valence electrons. The molecule has 1 aromatic carbocycles. The van der Waals surface area contributed by atoms with E-state index in [0.717, 1.165) is 18.4 Å². The van der Waals surface area contributed by atoms with E-state index in [1.165, 1.54) is 4.90 Å². The topological polar surface area (TPSA) is 108 Å². The number of carbonyl (C=O) groups excluding carboxylic acids is 3. The molecule has 0 saturated carbocycles. The summed E-state index contributed by atoms with van der Waals surface area (Å²) in [5.74, 6) is -2.12. The second-order valence-corrected chi connectivity index (χ2v) is 9.64. The van der Waals surface area contributed by atoms with Gasteiger partial charge in [0.2, 0.25) is 17.7 Å². The average Bonchev–Trinajstić information content (AvgIpc) is 3.45. The molecule has 1 aromatic rings. The minimum absolute atomic E-state index is 0.0510. The van der Waals surface area contributed by atoms with Gasteiger partial charge in [-0.25, -0.2) is 0 Å². The Kier molecular flexibility index (Phi) is 6.77. The molecular formula is C25H35N3O5. The van der Waals surface area contributed by atoms with Gasteiger partial charge in [-0.05, 0) is 38.2 Å². The number of nitrogens with zero attached hydrogens (tertiary/aromatic N) is 1. The van der Waals surface area contributed by atoms with Crippen LogP contribution in [0.4, 0.5) is 0 Å². The molecule has 7 atom stereocenters. The average molecular weight is 458 g/mol. The summed E-state index contributed by atoms with van der Waals surface area (Å²) in [5.41, 5.74) is -0.0792. The molecule has 33 heavy (non-hydrogen) atoms. The molecule has 3 N–H and O–H groups in total. The zero-order valence-corrected chi connectivity index (χ0v) is 19.6. The molecule has 3 saturated heterocycles. The van der Waals surface area contributed by atoms with E-state index >= 15 is 0 Å². The first kappa shape index (κ1) is 23.7. The third-order valence-electron chi connectivity index (χ3n) is 7.56. The van der Waals surface area contributed by atoms with Gasteiger partial charge in [0.15, 0.2) is 0 Å². The molecule has 3 unspecified atom stereocenters. The standard InChI is InChI=1S/C25H35N3O5/c1-4-8-15(2)27-23(31)21-25-12-11-18(33-25)19(22(30)26-3)20(25)24(32)28(21)17(14-29)13-16-9-6-5-7-10-16/h5-7,9-10,15,17-21,29H,4,8,11-14H2,1-3H3,(H,26,30)(H,27,31)/t15?,17-,18+,19-,20+,21?,25?/m1/s1. The number of aliphatic hydroxyl groups is 1. The Balaban J connectivity index is 1.72. The van der Waals surface area contributed by atoms with Gasteiger partial charge in [-0.1, -0.05) is 43.7 Å². The Morgan fingerprint density at radius 3 is 2.64 bits per heavy atom. The fraction of sp³-hybridized carbons (Fsp3) is 0.640. The van der Waals surface area contributed by atoms with Gasteiger partial charge in [0.1, 0.15) is 11.6 Å². The van der Waals surface area contributed by atoms with E-state index in [-0.39, 0.29) is 36.5 Å². The van der Waals surface area contributed by atoms with Crippen molar-refractivity contribution >= 4 is 17.7 Å². The summed E-state index contributed by atoms with van der Waals surface area (Å²) in [4.78, 5) is 41.8. The lowest BCUT2D eigenvalue weighted by Crippen LogP contribution is -2.59. The van der Waals surface area contributed by atoms with E-state index in [0.29, 0.717) is 19.3 Å². The second-order valence-electron chi connectivity index (χ2n) is 9.64. The van der Waals surface area contributed by atoms with Gasteiger partial charge in [0.05, 0.1) is 30.6 Å². The lowest BCUT2D eigenvalue weighted by Gasteiger charge is -2.37. The third-order valence-corrected chi connectivity index (χ3v) is 7.56. The molecule has 4 rings (SSSR count). The van der Waals surface area contributed by atoms with Crippen LogP contribution in [0.15, 0.2) is 30.3 Å². The fourth-order valence-electron chi connectivity index (χ4n) is 6.21. The van der Waals surface area contributed by atoms with Crippen LogP contribution in [0.3, 0.4) is 0 Å². The lowest BCUT2D eigenvalue weighted by atomic mass is 9.70. The van der Waals surface area contributed by atoms with Crippen LogP contribution in [0, 0.1) is 11.8 Å². The number of benzene rings is 1. The van der Waals surface area contributed by atoms with Crippen LogP contribution in [0.1, 0.15) is 45.1 Å². The van der Waals surface area contributed by atoms with Crippen molar-refractivity contribution < 1.29 is 24.2 Å². The van der Waals surface area contributed by atoms with Crippen molar-refractivity contribution in [2.45, 2.75) is 75.8 Å². The minimum atomic E-state index is -1.04. The van der Waals surface area contributed by atoms with Gasteiger partial charge in [0.25, 0.3) is 0 Å². The van der Waals surface area contributed by atoms with Crippen LogP contribution in [0.2, 0.25) is 0 Å². The quantitative estimate of drug-likeness (QED) is 0.513. The molecule has 3 aliphatic heterocycles. The second kappa shape index (κ2) is 9.43. The number of hydrogen-bond donors (Lipinski definition) is 3. The first-order valence-electron chi connectivity index (χ1n) is 12.0. The maximum atomic E-state index is 13.9. The Labute approximate surface area is 195 Å². The zero-order chi connectivity index (χ0) is 23.8. The van der Waals surface area contributed by atoms with Crippen LogP contribution in [0.5, 0.6) is 0 Å². The summed E-state index contributed by atoms with van der Waals surface area (Å²) >= 11 is 0. The highest BCUT2D eigenvalue weighted by molar-refractivity contribution is 5.99. The Hall–Kier alpha value is -2.45. The van der Waals surface area contributed by atoms with Crippen LogP contribution in [0.25, 0.3) is 0 Å². The largest absolute Gasteiger partial charge is 0.394 e. The van der Waals surface area contributed by atoms with E-state index in [2.05, 4.69) is 17.6 Å². The zero-order valence-electron chi connectivity index (χ0n) is 19.6. The van der Waals surface area contributed by atoms with Crippen molar-refractivity contribution in [1.82, 2.24) is 15.5 Å². The molecule has 3 amide bonds. The number of fused-ring (bicyclic) bond motifs is 1. The molecule has 3 heterocycles. The van der Waals surface area contributed by atoms with Crippen LogP contribution in [-0.2, 0) is 25.5 Å². The summed E-state index contributed by atoms with van der Waals surface area (Å²) in [5, 5.41) is 16.1. The highest BCUT2D eigenvalue weighted by Gasteiger charge is 2.75. The highest BCUT2D eigenvalue weighted by Crippen LogP contribution is 2.58. The van der Waals surface area contributed by atoms with E-state index < -0.39 is 29.5 Å². The van der Waals surface area contributed by atoms with Gasteiger partial charge in [0, 0.05) is 13.1 Å². The van der Waals surface area contributed by atoms with Crippen molar-refractivity contribution in [1.29, 1.82) is 0 Å².